The Balaban J connectivity index is 1.50. The molecule has 6 nitrogen and oxygen atoms in total. The van der Waals surface area contributed by atoms with Gasteiger partial charge < -0.3 is 24.9 Å². The third-order valence-corrected chi connectivity index (χ3v) is 5.61. The molecule has 6 heteroatoms. The van der Waals surface area contributed by atoms with Gasteiger partial charge in [0.05, 0.1) is 12.6 Å². The van der Waals surface area contributed by atoms with Crippen molar-refractivity contribution in [2.45, 2.75) is 64.2 Å². The first-order valence-corrected chi connectivity index (χ1v) is 8.82. The van der Waals surface area contributed by atoms with Gasteiger partial charge in [-0.1, -0.05) is 6.42 Å². The fourth-order valence-electron chi connectivity index (χ4n) is 3.91. The Bertz CT molecular complexity index is 592. The monoisotopic (exact) mass is 336 g/mol. The summed E-state index contributed by atoms with van der Waals surface area (Å²) in [5, 5.41) is 16.3. The van der Waals surface area contributed by atoms with E-state index in [1.165, 1.54) is 6.42 Å². The van der Waals surface area contributed by atoms with E-state index in [2.05, 4.69) is 10.6 Å². The van der Waals surface area contributed by atoms with Crippen LogP contribution in [0.1, 0.15) is 51.1 Å². The first-order chi connectivity index (χ1) is 11.4. The standard InChI is InChI=1S/C18H28N2O4/c1-4-23-15-10-13(18(15)8-5-9-18)20-16(21)19-11-17(3,22)14-7-6-12(2)24-14/h6-7,13,15,22H,4-5,8-11H2,1-3H3,(H2,19,20,21). The topological polar surface area (TPSA) is 83.7 Å². The highest BCUT2D eigenvalue weighted by molar-refractivity contribution is 5.74. The summed E-state index contributed by atoms with van der Waals surface area (Å²) >= 11 is 0. The summed E-state index contributed by atoms with van der Waals surface area (Å²) in [5.74, 6) is 1.19. The fourth-order valence-corrected chi connectivity index (χ4v) is 3.91. The van der Waals surface area contributed by atoms with Gasteiger partial charge in [0.25, 0.3) is 0 Å². The fraction of sp³-hybridized carbons (Fsp3) is 0.722. The number of hydrogen-bond donors (Lipinski definition) is 3. The molecule has 2 fully saturated rings. The van der Waals surface area contributed by atoms with Gasteiger partial charge >= 0.3 is 6.03 Å². The Hall–Kier alpha value is -1.53. The zero-order chi connectivity index (χ0) is 17.4. The molecule has 0 bridgehead atoms. The number of aliphatic hydroxyl groups is 1. The second kappa shape index (κ2) is 6.41. The lowest BCUT2D eigenvalue weighted by Gasteiger charge is -2.60. The van der Waals surface area contributed by atoms with E-state index in [-0.39, 0.29) is 30.1 Å². The minimum atomic E-state index is -1.23. The van der Waals surface area contributed by atoms with Crippen molar-refractivity contribution in [3.05, 3.63) is 23.7 Å². The molecule has 2 aliphatic rings. The number of nitrogens with one attached hydrogen (secondary N) is 2. The average Bonchev–Trinajstić information content (AvgIpc) is 2.90. The van der Waals surface area contributed by atoms with Crippen molar-refractivity contribution >= 4 is 6.03 Å². The van der Waals surface area contributed by atoms with Crippen molar-refractivity contribution in [3.8, 4) is 0 Å². The lowest BCUT2D eigenvalue weighted by Crippen LogP contribution is -2.68. The van der Waals surface area contributed by atoms with E-state index in [0.717, 1.165) is 31.6 Å². The highest BCUT2D eigenvalue weighted by Crippen LogP contribution is 2.57. The minimum Gasteiger partial charge on any atom is -0.463 e. The molecule has 1 spiro atoms. The molecule has 1 aromatic heterocycles. The molecule has 0 saturated heterocycles. The number of furan rings is 1. The molecule has 3 atom stereocenters. The number of rotatable bonds is 6. The molecule has 1 aromatic rings. The van der Waals surface area contributed by atoms with Crippen LogP contribution in [-0.2, 0) is 10.3 Å². The largest absolute Gasteiger partial charge is 0.463 e. The Morgan fingerprint density at radius 2 is 2.25 bits per heavy atom. The van der Waals surface area contributed by atoms with Gasteiger partial charge in [-0.15, -0.1) is 0 Å². The summed E-state index contributed by atoms with van der Waals surface area (Å²) < 4.78 is 11.3. The summed E-state index contributed by atoms with van der Waals surface area (Å²) in [6.07, 6.45) is 4.58. The van der Waals surface area contributed by atoms with Gasteiger partial charge in [-0.25, -0.2) is 4.79 Å². The number of hydrogen-bond acceptors (Lipinski definition) is 4. The molecule has 24 heavy (non-hydrogen) atoms. The quantitative estimate of drug-likeness (QED) is 0.745. The van der Waals surface area contributed by atoms with Crippen molar-refractivity contribution < 1.29 is 19.1 Å². The molecule has 134 valence electrons. The van der Waals surface area contributed by atoms with Gasteiger partial charge in [-0.05, 0) is 52.2 Å². The zero-order valence-corrected chi connectivity index (χ0v) is 14.7. The van der Waals surface area contributed by atoms with Crippen LogP contribution in [0, 0.1) is 12.3 Å². The number of carbonyl (C=O) groups is 1. The van der Waals surface area contributed by atoms with Crippen LogP contribution >= 0.6 is 0 Å². The third-order valence-electron chi connectivity index (χ3n) is 5.61. The van der Waals surface area contributed by atoms with Crippen molar-refractivity contribution in [2.24, 2.45) is 5.41 Å². The van der Waals surface area contributed by atoms with E-state index in [9.17, 15) is 9.90 Å². The predicted molar refractivity (Wildman–Crippen MR) is 89.7 cm³/mol. The lowest BCUT2D eigenvalue weighted by molar-refractivity contribution is -0.169. The zero-order valence-electron chi connectivity index (χ0n) is 14.7. The Morgan fingerprint density at radius 3 is 2.79 bits per heavy atom. The van der Waals surface area contributed by atoms with Crippen LogP contribution in [0.5, 0.6) is 0 Å². The van der Waals surface area contributed by atoms with Crippen molar-refractivity contribution in [1.82, 2.24) is 10.6 Å². The summed E-state index contributed by atoms with van der Waals surface area (Å²) in [7, 11) is 0. The predicted octanol–water partition coefficient (Wildman–Crippen LogP) is 2.44. The van der Waals surface area contributed by atoms with Gasteiger partial charge in [0.1, 0.15) is 17.1 Å². The smallest absolute Gasteiger partial charge is 0.315 e. The number of urea groups is 1. The molecule has 0 aliphatic heterocycles. The van der Waals surface area contributed by atoms with Crippen LogP contribution in [0.25, 0.3) is 0 Å². The lowest BCUT2D eigenvalue weighted by atomic mass is 9.51. The molecule has 3 N–H and O–H groups in total. The number of aryl methyl sites for hydroxylation is 1. The first-order valence-electron chi connectivity index (χ1n) is 8.82. The highest BCUT2D eigenvalue weighted by Gasteiger charge is 2.59. The second-order valence-corrected chi connectivity index (χ2v) is 7.33. The maximum Gasteiger partial charge on any atom is 0.315 e. The van der Waals surface area contributed by atoms with Gasteiger partial charge in [-0.2, -0.15) is 0 Å². The van der Waals surface area contributed by atoms with Crippen molar-refractivity contribution in [2.75, 3.05) is 13.2 Å². The SMILES string of the molecule is CCOC1CC(NC(=O)NCC(C)(O)c2ccc(C)o2)C12CCC2. The molecule has 0 aromatic carbocycles. The molecular formula is C18H28N2O4. The van der Waals surface area contributed by atoms with Crippen LogP contribution < -0.4 is 10.6 Å². The molecule has 3 unspecified atom stereocenters. The van der Waals surface area contributed by atoms with E-state index in [0.29, 0.717) is 5.76 Å². The van der Waals surface area contributed by atoms with Gasteiger partial charge in [0.15, 0.2) is 0 Å². The van der Waals surface area contributed by atoms with E-state index >= 15 is 0 Å². The van der Waals surface area contributed by atoms with Crippen molar-refractivity contribution in [1.29, 1.82) is 0 Å². The molecular weight excluding hydrogens is 308 g/mol. The minimum absolute atomic E-state index is 0.0976. The second-order valence-electron chi connectivity index (χ2n) is 7.33. The number of carbonyl (C=O) groups excluding carboxylic acids is 1. The molecule has 1 heterocycles. The molecule has 2 amide bonds. The number of amides is 2. The van der Waals surface area contributed by atoms with E-state index in [4.69, 9.17) is 9.15 Å². The molecule has 2 saturated carbocycles. The van der Waals surface area contributed by atoms with Crippen molar-refractivity contribution in [3.63, 3.8) is 0 Å². The van der Waals surface area contributed by atoms with Gasteiger partial charge in [0.2, 0.25) is 0 Å². The Kier molecular flexibility index (Phi) is 4.62. The molecule has 0 radical (unpaired) electrons. The third kappa shape index (κ3) is 3.05. The van der Waals surface area contributed by atoms with Crippen LogP contribution in [0.4, 0.5) is 4.79 Å². The summed E-state index contributed by atoms with van der Waals surface area (Å²) in [5.41, 5.74) is -1.10. The maximum absolute atomic E-state index is 12.2. The molecule has 2 aliphatic carbocycles. The normalized spacial score (nSPS) is 27.0. The van der Waals surface area contributed by atoms with Gasteiger partial charge in [0, 0.05) is 18.1 Å². The van der Waals surface area contributed by atoms with Crippen LogP contribution in [0.2, 0.25) is 0 Å². The highest BCUT2D eigenvalue weighted by atomic mass is 16.5. The summed E-state index contributed by atoms with van der Waals surface area (Å²) in [6, 6.07) is 3.45. The van der Waals surface area contributed by atoms with Crippen LogP contribution in [-0.4, -0.2) is 36.4 Å². The Morgan fingerprint density at radius 1 is 1.50 bits per heavy atom. The number of ether oxygens (including phenoxy) is 1. The Labute approximate surface area is 142 Å². The average molecular weight is 336 g/mol. The van der Waals surface area contributed by atoms with E-state index in [1.54, 1.807) is 19.1 Å². The summed E-state index contributed by atoms with van der Waals surface area (Å²) in [6.45, 7) is 6.28. The first kappa shape index (κ1) is 17.3. The maximum atomic E-state index is 12.2. The van der Waals surface area contributed by atoms with Crippen LogP contribution in [0.3, 0.4) is 0 Å². The van der Waals surface area contributed by atoms with E-state index < -0.39 is 5.60 Å². The van der Waals surface area contributed by atoms with E-state index in [1.807, 2.05) is 13.8 Å². The van der Waals surface area contributed by atoms with Gasteiger partial charge in [-0.3, -0.25) is 0 Å². The van der Waals surface area contributed by atoms with Crippen LogP contribution in [0.15, 0.2) is 16.5 Å². The molecule has 3 rings (SSSR count). The summed E-state index contributed by atoms with van der Waals surface area (Å²) in [4.78, 5) is 12.2.